The number of nitrogens with zero attached hydrogens (tertiary/aromatic N) is 3. The highest BCUT2D eigenvalue weighted by molar-refractivity contribution is 5.47. The number of nitriles is 1. The quantitative estimate of drug-likeness (QED) is 0.817. The SMILES string of the molecule is CCNC(C)c1ccc(N(CCC#N)C2CC2)cn1. The monoisotopic (exact) mass is 258 g/mol. The minimum Gasteiger partial charge on any atom is -0.366 e. The molecule has 0 radical (unpaired) electrons. The Hall–Kier alpha value is -1.60. The molecule has 0 amide bonds. The fourth-order valence-corrected chi connectivity index (χ4v) is 2.31. The zero-order chi connectivity index (χ0) is 13.7. The number of anilines is 1. The van der Waals surface area contributed by atoms with Gasteiger partial charge in [-0.1, -0.05) is 6.92 Å². The van der Waals surface area contributed by atoms with E-state index in [2.05, 4.69) is 47.3 Å². The van der Waals surface area contributed by atoms with Crippen LogP contribution in [-0.4, -0.2) is 24.1 Å². The zero-order valence-corrected chi connectivity index (χ0v) is 11.8. The van der Waals surface area contributed by atoms with Crippen molar-refractivity contribution in [3.8, 4) is 6.07 Å². The Bertz CT molecular complexity index is 430. The molecule has 1 fully saturated rings. The lowest BCUT2D eigenvalue weighted by molar-refractivity contribution is 0.583. The molecular formula is C15H22N4. The van der Waals surface area contributed by atoms with Crippen LogP contribution in [0.25, 0.3) is 0 Å². The Morgan fingerprint density at radius 2 is 2.32 bits per heavy atom. The van der Waals surface area contributed by atoms with Crippen molar-refractivity contribution < 1.29 is 0 Å². The maximum absolute atomic E-state index is 8.74. The van der Waals surface area contributed by atoms with E-state index in [1.807, 2.05) is 6.20 Å². The van der Waals surface area contributed by atoms with Crippen LogP contribution in [0.15, 0.2) is 18.3 Å². The van der Waals surface area contributed by atoms with Crippen LogP contribution in [0.3, 0.4) is 0 Å². The standard InChI is InChI=1S/C15H22N4/c1-3-17-12(2)15-8-7-14(11-18-15)19(10-4-9-16)13-5-6-13/h7-8,11-13,17H,3-6,10H2,1-2H3. The normalized spacial score (nSPS) is 15.8. The van der Waals surface area contributed by atoms with Crippen molar-refractivity contribution in [2.75, 3.05) is 18.0 Å². The lowest BCUT2D eigenvalue weighted by atomic mass is 10.2. The van der Waals surface area contributed by atoms with E-state index in [1.54, 1.807) is 0 Å². The van der Waals surface area contributed by atoms with Crippen LogP contribution in [-0.2, 0) is 0 Å². The van der Waals surface area contributed by atoms with Crippen LogP contribution in [0, 0.1) is 11.3 Å². The van der Waals surface area contributed by atoms with E-state index in [0.717, 1.165) is 24.5 Å². The summed E-state index contributed by atoms with van der Waals surface area (Å²) in [7, 11) is 0. The number of rotatable bonds is 7. The fourth-order valence-electron chi connectivity index (χ4n) is 2.31. The van der Waals surface area contributed by atoms with E-state index in [1.165, 1.54) is 12.8 Å². The largest absolute Gasteiger partial charge is 0.366 e. The maximum Gasteiger partial charge on any atom is 0.0640 e. The molecule has 1 atom stereocenters. The van der Waals surface area contributed by atoms with Gasteiger partial charge in [-0.3, -0.25) is 4.98 Å². The first-order chi connectivity index (χ1) is 9.26. The number of aromatic nitrogens is 1. The molecule has 4 heteroatoms. The van der Waals surface area contributed by atoms with Crippen molar-refractivity contribution >= 4 is 5.69 Å². The number of pyridine rings is 1. The van der Waals surface area contributed by atoms with Crippen molar-refractivity contribution in [1.82, 2.24) is 10.3 Å². The van der Waals surface area contributed by atoms with Gasteiger partial charge in [-0.25, -0.2) is 0 Å². The van der Waals surface area contributed by atoms with Gasteiger partial charge in [-0.2, -0.15) is 5.26 Å². The summed E-state index contributed by atoms with van der Waals surface area (Å²) in [5.41, 5.74) is 2.21. The van der Waals surface area contributed by atoms with Gasteiger partial charge in [-0.15, -0.1) is 0 Å². The highest BCUT2D eigenvalue weighted by Gasteiger charge is 2.29. The second-order valence-corrected chi connectivity index (χ2v) is 5.05. The first-order valence-electron chi connectivity index (χ1n) is 7.09. The van der Waals surface area contributed by atoms with Crippen LogP contribution >= 0.6 is 0 Å². The van der Waals surface area contributed by atoms with E-state index in [4.69, 9.17) is 5.26 Å². The lowest BCUT2D eigenvalue weighted by Gasteiger charge is -2.23. The molecule has 1 saturated carbocycles. The van der Waals surface area contributed by atoms with E-state index in [9.17, 15) is 0 Å². The molecule has 1 unspecified atom stereocenters. The van der Waals surface area contributed by atoms with Gasteiger partial charge in [0.2, 0.25) is 0 Å². The average molecular weight is 258 g/mol. The lowest BCUT2D eigenvalue weighted by Crippen LogP contribution is -2.27. The summed E-state index contributed by atoms with van der Waals surface area (Å²) in [4.78, 5) is 6.87. The van der Waals surface area contributed by atoms with Crippen molar-refractivity contribution in [3.63, 3.8) is 0 Å². The number of nitrogens with one attached hydrogen (secondary N) is 1. The topological polar surface area (TPSA) is 52.0 Å². The Kier molecular flexibility index (Phi) is 4.75. The highest BCUT2D eigenvalue weighted by atomic mass is 15.2. The van der Waals surface area contributed by atoms with Gasteiger partial charge in [-0.05, 0) is 38.4 Å². The maximum atomic E-state index is 8.74. The molecule has 0 aromatic carbocycles. The molecule has 1 aromatic rings. The minimum absolute atomic E-state index is 0.285. The van der Waals surface area contributed by atoms with Crippen LogP contribution in [0.2, 0.25) is 0 Å². The van der Waals surface area contributed by atoms with Crippen molar-refractivity contribution in [2.45, 2.75) is 45.2 Å². The molecule has 1 aromatic heterocycles. The number of hydrogen-bond acceptors (Lipinski definition) is 4. The summed E-state index contributed by atoms with van der Waals surface area (Å²) in [6, 6.07) is 7.35. The first kappa shape index (κ1) is 13.8. The van der Waals surface area contributed by atoms with Crippen molar-refractivity contribution in [1.29, 1.82) is 5.26 Å². The summed E-state index contributed by atoms with van der Waals surface area (Å²) in [6.07, 6.45) is 4.99. The Morgan fingerprint density at radius 1 is 1.53 bits per heavy atom. The Balaban J connectivity index is 2.05. The third kappa shape index (κ3) is 3.68. The molecule has 19 heavy (non-hydrogen) atoms. The molecule has 102 valence electrons. The molecule has 0 aliphatic heterocycles. The zero-order valence-electron chi connectivity index (χ0n) is 11.8. The molecule has 0 spiro atoms. The van der Waals surface area contributed by atoms with Gasteiger partial charge < -0.3 is 10.2 Å². The van der Waals surface area contributed by atoms with Gasteiger partial charge >= 0.3 is 0 Å². The van der Waals surface area contributed by atoms with Crippen LogP contribution in [0.5, 0.6) is 0 Å². The molecule has 0 bridgehead atoms. The van der Waals surface area contributed by atoms with Crippen LogP contribution < -0.4 is 10.2 Å². The molecule has 1 aliphatic rings. The Morgan fingerprint density at radius 3 is 2.84 bits per heavy atom. The summed E-state index contributed by atoms with van der Waals surface area (Å²) in [6.45, 7) is 5.98. The highest BCUT2D eigenvalue weighted by Crippen LogP contribution is 2.31. The second-order valence-electron chi connectivity index (χ2n) is 5.05. The molecule has 1 aliphatic carbocycles. The predicted octanol–water partition coefficient (Wildman–Crippen LogP) is 2.63. The number of hydrogen-bond donors (Lipinski definition) is 1. The fraction of sp³-hybridized carbons (Fsp3) is 0.600. The minimum atomic E-state index is 0.285. The summed E-state index contributed by atoms with van der Waals surface area (Å²) in [5.74, 6) is 0. The van der Waals surface area contributed by atoms with E-state index in [-0.39, 0.29) is 6.04 Å². The average Bonchev–Trinajstić information content (AvgIpc) is 3.25. The molecule has 4 nitrogen and oxygen atoms in total. The molecule has 1 N–H and O–H groups in total. The van der Waals surface area contributed by atoms with Gasteiger partial charge in [0.05, 0.1) is 30.1 Å². The van der Waals surface area contributed by atoms with E-state index >= 15 is 0 Å². The summed E-state index contributed by atoms with van der Waals surface area (Å²) in [5, 5.41) is 12.1. The van der Waals surface area contributed by atoms with E-state index in [0.29, 0.717) is 12.5 Å². The predicted molar refractivity (Wildman–Crippen MR) is 76.9 cm³/mol. The molecular weight excluding hydrogens is 236 g/mol. The Labute approximate surface area is 115 Å². The van der Waals surface area contributed by atoms with Gasteiger partial charge in [0, 0.05) is 18.6 Å². The van der Waals surface area contributed by atoms with Gasteiger partial charge in [0.1, 0.15) is 0 Å². The second kappa shape index (κ2) is 6.53. The van der Waals surface area contributed by atoms with Crippen molar-refractivity contribution in [2.24, 2.45) is 0 Å². The third-order valence-electron chi connectivity index (χ3n) is 3.51. The summed E-state index contributed by atoms with van der Waals surface area (Å²) >= 11 is 0. The molecule has 0 saturated heterocycles. The van der Waals surface area contributed by atoms with Gasteiger partial charge in [0.25, 0.3) is 0 Å². The third-order valence-corrected chi connectivity index (χ3v) is 3.51. The van der Waals surface area contributed by atoms with Crippen LogP contribution in [0.1, 0.15) is 44.8 Å². The van der Waals surface area contributed by atoms with Crippen LogP contribution in [0.4, 0.5) is 5.69 Å². The smallest absolute Gasteiger partial charge is 0.0640 e. The first-order valence-corrected chi connectivity index (χ1v) is 7.09. The van der Waals surface area contributed by atoms with E-state index < -0.39 is 0 Å². The molecule has 1 heterocycles. The molecule has 2 rings (SSSR count). The van der Waals surface area contributed by atoms with Crippen molar-refractivity contribution in [3.05, 3.63) is 24.0 Å². The summed E-state index contributed by atoms with van der Waals surface area (Å²) < 4.78 is 0. The van der Waals surface area contributed by atoms with Gasteiger partial charge in [0.15, 0.2) is 0 Å².